The zero-order chi connectivity index (χ0) is 26.2. The van der Waals surface area contributed by atoms with Crippen molar-refractivity contribution in [3.05, 3.63) is 35.9 Å². The normalized spacial score (nSPS) is 14.8. The van der Waals surface area contributed by atoms with Crippen LogP contribution >= 0.6 is 0 Å². The van der Waals surface area contributed by atoms with Crippen LogP contribution < -0.4 is 5.32 Å². The lowest BCUT2D eigenvalue weighted by Gasteiger charge is -2.43. The number of hydrogen-bond acceptors (Lipinski definition) is 8. The van der Waals surface area contributed by atoms with E-state index in [2.05, 4.69) is 5.32 Å². The van der Waals surface area contributed by atoms with E-state index in [1.54, 1.807) is 44.2 Å². The summed E-state index contributed by atoms with van der Waals surface area (Å²) in [5.41, 5.74) is -3.97. The molecule has 0 aliphatic carbocycles. The second kappa shape index (κ2) is 12.3. The van der Waals surface area contributed by atoms with Crippen molar-refractivity contribution in [1.82, 2.24) is 5.32 Å². The molecule has 10 nitrogen and oxygen atoms in total. The molecule has 0 aromatic heterocycles. The van der Waals surface area contributed by atoms with Gasteiger partial charge < -0.3 is 20.3 Å². The maximum absolute atomic E-state index is 12.6. The zero-order valence-corrected chi connectivity index (χ0v) is 21.1. The Kier molecular flexibility index (Phi) is 10.7. The van der Waals surface area contributed by atoms with Gasteiger partial charge in [-0.25, -0.2) is 8.98 Å². The summed E-state index contributed by atoms with van der Waals surface area (Å²) < 4.78 is 35.8. The van der Waals surface area contributed by atoms with Crippen LogP contribution in [0.25, 0.3) is 0 Å². The number of ether oxygens (including phenoxy) is 1. The Morgan fingerprint density at radius 2 is 1.71 bits per heavy atom. The van der Waals surface area contributed by atoms with Gasteiger partial charge in [-0.05, 0) is 17.9 Å². The minimum atomic E-state index is -4.33. The number of hydrogen-bond donors (Lipinski definition) is 3. The molecule has 0 aliphatic rings. The Bertz CT molecular complexity index is 944. The van der Waals surface area contributed by atoms with Crippen LogP contribution in [0.2, 0.25) is 0 Å². The number of carboxylic acid groups (broad SMARTS) is 1. The molecule has 0 heterocycles. The third-order valence-corrected chi connectivity index (χ3v) is 6.56. The van der Waals surface area contributed by atoms with Gasteiger partial charge in [-0.2, -0.15) is 8.42 Å². The monoisotopic (exact) mass is 501 g/mol. The van der Waals surface area contributed by atoms with Crippen molar-refractivity contribution in [2.45, 2.75) is 65.8 Å². The van der Waals surface area contributed by atoms with Crippen LogP contribution in [-0.4, -0.2) is 60.7 Å². The molecule has 1 rings (SSSR count). The Labute approximate surface area is 200 Å². The number of rotatable bonds is 14. The van der Waals surface area contributed by atoms with Crippen molar-refractivity contribution in [2.75, 3.05) is 12.3 Å². The number of benzene rings is 1. The van der Waals surface area contributed by atoms with Crippen molar-refractivity contribution in [3.63, 3.8) is 0 Å². The third kappa shape index (κ3) is 8.69. The van der Waals surface area contributed by atoms with Crippen molar-refractivity contribution in [2.24, 2.45) is 11.3 Å². The third-order valence-electron chi connectivity index (χ3n) is 5.30. The van der Waals surface area contributed by atoms with Gasteiger partial charge in [-0.15, -0.1) is 0 Å². The fraction of sp³-hybridized carbons (Fsp3) is 0.609. The van der Waals surface area contributed by atoms with E-state index in [0.717, 1.165) is 0 Å². The number of esters is 1. The van der Waals surface area contributed by atoms with Crippen molar-refractivity contribution >= 4 is 28.0 Å². The molecule has 0 saturated heterocycles. The summed E-state index contributed by atoms with van der Waals surface area (Å²) in [5, 5.41) is 23.7. The first-order valence-corrected chi connectivity index (χ1v) is 12.5. The molecule has 0 aliphatic heterocycles. The molecular weight excluding hydrogens is 466 g/mol. The SMILES string of the molecule is CC(=O)NCCCS(=O)(=O)OC(OC(=O)CC(C)C)C(C)(C)[C@](O)(Cc1ccccc1)C(=O)O. The van der Waals surface area contributed by atoms with Gasteiger partial charge in [-0.1, -0.05) is 58.0 Å². The van der Waals surface area contributed by atoms with Gasteiger partial charge in [0.1, 0.15) is 0 Å². The van der Waals surface area contributed by atoms with E-state index < -0.39 is 45.1 Å². The minimum Gasteiger partial charge on any atom is -0.479 e. The van der Waals surface area contributed by atoms with Crippen LogP contribution in [-0.2, 0) is 39.8 Å². The maximum Gasteiger partial charge on any atom is 0.336 e. The fourth-order valence-corrected chi connectivity index (χ4v) is 4.29. The molecule has 0 spiro atoms. The predicted octanol–water partition coefficient (Wildman–Crippen LogP) is 1.86. The lowest BCUT2D eigenvalue weighted by Crippen LogP contribution is -2.60. The average molecular weight is 502 g/mol. The van der Waals surface area contributed by atoms with E-state index >= 15 is 0 Å². The average Bonchev–Trinajstić information content (AvgIpc) is 2.70. The molecule has 0 fully saturated rings. The molecule has 1 aromatic rings. The van der Waals surface area contributed by atoms with Crippen LogP contribution in [0.1, 0.15) is 53.0 Å². The molecular formula is C23H35NO9S. The number of aliphatic hydroxyl groups is 1. The van der Waals surface area contributed by atoms with Crippen LogP contribution in [0.4, 0.5) is 0 Å². The summed E-state index contributed by atoms with van der Waals surface area (Å²) in [5.74, 6) is -3.39. The zero-order valence-electron chi connectivity index (χ0n) is 20.2. The van der Waals surface area contributed by atoms with Crippen molar-refractivity contribution in [1.29, 1.82) is 0 Å². The molecule has 0 radical (unpaired) electrons. The standard InChI is InChI=1S/C23H35NO9S/c1-16(2)14-19(26)32-21(33-34(30,31)13-9-12-24-17(3)25)22(4,5)23(29,20(27)28)15-18-10-7-6-8-11-18/h6-8,10-11,16,21,29H,9,12-15H2,1-5H3,(H,24,25)(H,27,28)/t21?,23-/m0/s1. The summed E-state index contributed by atoms with van der Waals surface area (Å²) >= 11 is 0. The molecule has 2 atom stereocenters. The number of carbonyl (C=O) groups excluding carboxylic acids is 2. The van der Waals surface area contributed by atoms with Crippen molar-refractivity contribution < 1.29 is 41.9 Å². The highest BCUT2D eigenvalue weighted by atomic mass is 32.2. The molecule has 3 N–H and O–H groups in total. The molecule has 192 valence electrons. The molecule has 34 heavy (non-hydrogen) atoms. The number of nitrogens with one attached hydrogen (secondary N) is 1. The van der Waals surface area contributed by atoms with E-state index in [1.807, 2.05) is 0 Å². The van der Waals surface area contributed by atoms with E-state index in [4.69, 9.17) is 8.92 Å². The summed E-state index contributed by atoms with van der Waals surface area (Å²) in [6, 6.07) is 8.29. The smallest absolute Gasteiger partial charge is 0.336 e. The van der Waals surface area contributed by atoms with E-state index in [1.165, 1.54) is 20.8 Å². The Balaban J connectivity index is 3.28. The highest BCUT2D eigenvalue weighted by molar-refractivity contribution is 7.86. The lowest BCUT2D eigenvalue weighted by atomic mass is 9.71. The summed E-state index contributed by atoms with van der Waals surface area (Å²) in [4.78, 5) is 35.6. The van der Waals surface area contributed by atoms with Gasteiger partial charge in [0.25, 0.3) is 10.1 Å². The van der Waals surface area contributed by atoms with Gasteiger partial charge in [-0.3, -0.25) is 9.59 Å². The van der Waals surface area contributed by atoms with E-state index in [-0.39, 0.29) is 37.6 Å². The van der Waals surface area contributed by atoms with Crippen LogP contribution in [0.15, 0.2) is 30.3 Å². The highest BCUT2D eigenvalue weighted by Gasteiger charge is 2.57. The van der Waals surface area contributed by atoms with E-state index in [9.17, 15) is 33.0 Å². The largest absolute Gasteiger partial charge is 0.479 e. The summed E-state index contributed by atoms with van der Waals surface area (Å²) in [7, 11) is -4.33. The second-order valence-corrected chi connectivity index (χ2v) is 10.9. The summed E-state index contributed by atoms with van der Waals surface area (Å²) in [6.07, 6.45) is -2.36. The molecule has 1 aromatic carbocycles. The molecule has 0 saturated carbocycles. The fourth-order valence-electron chi connectivity index (χ4n) is 3.15. The van der Waals surface area contributed by atoms with Crippen LogP contribution in [0.5, 0.6) is 0 Å². The Morgan fingerprint density at radius 3 is 2.21 bits per heavy atom. The highest BCUT2D eigenvalue weighted by Crippen LogP contribution is 2.40. The van der Waals surface area contributed by atoms with Gasteiger partial charge >= 0.3 is 11.9 Å². The maximum atomic E-state index is 12.6. The quantitative estimate of drug-likeness (QED) is 0.150. The first-order valence-electron chi connectivity index (χ1n) is 11.0. The molecule has 1 unspecified atom stereocenters. The van der Waals surface area contributed by atoms with Gasteiger partial charge in [0.2, 0.25) is 12.2 Å². The topological polar surface area (TPSA) is 156 Å². The van der Waals surface area contributed by atoms with Crippen LogP contribution in [0.3, 0.4) is 0 Å². The van der Waals surface area contributed by atoms with Crippen molar-refractivity contribution in [3.8, 4) is 0 Å². The molecule has 0 bridgehead atoms. The molecule has 11 heteroatoms. The first kappa shape index (κ1) is 29.5. The predicted molar refractivity (Wildman–Crippen MR) is 124 cm³/mol. The Hall–Kier alpha value is -2.50. The number of carboxylic acids is 1. The van der Waals surface area contributed by atoms with Gasteiger partial charge in [0.05, 0.1) is 11.2 Å². The summed E-state index contributed by atoms with van der Waals surface area (Å²) in [6.45, 7) is 7.41. The van der Waals surface area contributed by atoms with Gasteiger partial charge in [0, 0.05) is 26.3 Å². The number of amides is 1. The number of aliphatic carboxylic acids is 1. The molecule has 1 amide bonds. The lowest BCUT2D eigenvalue weighted by molar-refractivity contribution is -0.223. The first-order chi connectivity index (χ1) is 15.6. The van der Waals surface area contributed by atoms with E-state index in [0.29, 0.717) is 5.56 Å². The van der Waals surface area contributed by atoms with Gasteiger partial charge in [0.15, 0.2) is 5.60 Å². The second-order valence-electron chi connectivity index (χ2n) is 9.16. The minimum absolute atomic E-state index is 0.0161. The Morgan fingerprint density at radius 1 is 1.12 bits per heavy atom. The number of carbonyl (C=O) groups is 3. The van der Waals surface area contributed by atoms with Crippen LogP contribution in [0, 0.1) is 11.3 Å².